The van der Waals surface area contributed by atoms with Crippen molar-refractivity contribution in [1.29, 1.82) is 0 Å². The molecule has 22 heavy (non-hydrogen) atoms. The Kier molecular flexibility index (Phi) is 3.54. The summed E-state index contributed by atoms with van der Waals surface area (Å²) >= 11 is 0. The van der Waals surface area contributed by atoms with E-state index in [4.69, 9.17) is 4.42 Å². The first kappa shape index (κ1) is 14.1. The van der Waals surface area contributed by atoms with E-state index in [1.165, 1.54) is 6.33 Å². The molecule has 0 radical (unpaired) electrons. The van der Waals surface area contributed by atoms with Gasteiger partial charge in [0, 0.05) is 18.0 Å². The molecule has 2 amide bonds. The average molecular weight is 299 g/mol. The molecule has 1 atom stereocenters. The summed E-state index contributed by atoms with van der Waals surface area (Å²) < 4.78 is 7.47. The highest BCUT2D eigenvalue weighted by Crippen LogP contribution is 2.29. The Balaban J connectivity index is 1.75. The number of urea groups is 1. The summed E-state index contributed by atoms with van der Waals surface area (Å²) in [5.74, 6) is 1.13. The second-order valence-electron chi connectivity index (χ2n) is 5.17. The maximum atomic E-state index is 12.0. The van der Waals surface area contributed by atoms with E-state index in [1.807, 2.05) is 38.1 Å². The van der Waals surface area contributed by atoms with Crippen molar-refractivity contribution in [2.24, 2.45) is 7.05 Å². The molecule has 2 N–H and O–H groups in total. The molecular formula is C15H17N5O2. The minimum absolute atomic E-state index is 0.263. The average Bonchev–Trinajstić information content (AvgIpc) is 3.04. The molecule has 2 aromatic heterocycles. The van der Waals surface area contributed by atoms with E-state index >= 15 is 0 Å². The first-order valence-corrected chi connectivity index (χ1v) is 6.96. The zero-order valence-corrected chi connectivity index (χ0v) is 12.6. The van der Waals surface area contributed by atoms with E-state index in [9.17, 15) is 4.79 Å². The minimum atomic E-state index is -0.358. The van der Waals surface area contributed by atoms with Crippen molar-refractivity contribution >= 4 is 22.9 Å². The molecule has 0 saturated heterocycles. The number of benzene rings is 1. The van der Waals surface area contributed by atoms with Gasteiger partial charge in [0.2, 0.25) is 5.95 Å². The second-order valence-corrected chi connectivity index (χ2v) is 5.17. The number of nitrogens with one attached hydrogen (secondary N) is 2. The molecule has 7 nitrogen and oxygen atoms in total. The van der Waals surface area contributed by atoms with E-state index in [2.05, 4.69) is 20.8 Å². The second kappa shape index (κ2) is 5.51. The molecule has 0 bridgehead atoms. The lowest BCUT2D eigenvalue weighted by atomic mass is 10.1. The molecule has 1 aromatic carbocycles. The van der Waals surface area contributed by atoms with Gasteiger partial charge in [-0.3, -0.25) is 5.32 Å². The van der Waals surface area contributed by atoms with E-state index in [1.54, 1.807) is 11.6 Å². The third-order valence-electron chi connectivity index (χ3n) is 3.56. The van der Waals surface area contributed by atoms with E-state index in [-0.39, 0.29) is 12.1 Å². The van der Waals surface area contributed by atoms with Crippen LogP contribution in [0.3, 0.4) is 0 Å². The van der Waals surface area contributed by atoms with Crippen molar-refractivity contribution < 1.29 is 9.21 Å². The highest BCUT2D eigenvalue weighted by molar-refractivity contribution is 5.88. The van der Waals surface area contributed by atoms with Gasteiger partial charge in [-0.05, 0) is 19.9 Å². The van der Waals surface area contributed by atoms with Crippen molar-refractivity contribution in [2.75, 3.05) is 5.32 Å². The predicted molar refractivity (Wildman–Crippen MR) is 82.5 cm³/mol. The maximum absolute atomic E-state index is 12.0. The molecule has 1 unspecified atom stereocenters. The summed E-state index contributed by atoms with van der Waals surface area (Å²) in [6, 6.07) is 7.19. The number of aromatic nitrogens is 3. The van der Waals surface area contributed by atoms with Crippen molar-refractivity contribution in [3.05, 3.63) is 41.9 Å². The molecule has 0 aliphatic heterocycles. The summed E-state index contributed by atoms with van der Waals surface area (Å²) in [5.41, 5.74) is 1.85. The van der Waals surface area contributed by atoms with Crippen molar-refractivity contribution in [3.63, 3.8) is 0 Å². The third kappa shape index (κ3) is 2.52. The largest absolute Gasteiger partial charge is 0.459 e. The highest BCUT2D eigenvalue weighted by atomic mass is 16.3. The first-order valence-electron chi connectivity index (χ1n) is 6.96. The highest BCUT2D eigenvalue weighted by Gasteiger charge is 2.18. The summed E-state index contributed by atoms with van der Waals surface area (Å²) in [5, 5.41) is 14.0. The SMILES string of the molecule is Cc1c(C(C)NC(=O)Nc2nncn2C)oc2ccccc12. The lowest BCUT2D eigenvalue weighted by Crippen LogP contribution is -2.32. The van der Waals surface area contributed by atoms with Crippen LogP contribution in [0.25, 0.3) is 11.0 Å². The molecule has 0 spiro atoms. The number of nitrogens with zero attached hydrogens (tertiary/aromatic N) is 3. The Bertz CT molecular complexity index is 820. The van der Waals surface area contributed by atoms with Gasteiger partial charge in [-0.1, -0.05) is 18.2 Å². The van der Waals surface area contributed by atoms with E-state index in [0.29, 0.717) is 5.95 Å². The Labute approximate surface area is 127 Å². The van der Waals surface area contributed by atoms with Gasteiger partial charge >= 0.3 is 6.03 Å². The van der Waals surface area contributed by atoms with E-state index in [0.717, 1.165) is 22.3 Å². The standard InChI is InChI=1S/C15H17N5O2/c1-9-11-6-4-5-7-12(11)22-13(9)10(2)17-15(21)18-14-19-16-8-20(14)3/h4-8,10H,1-3H3,(H2,17,18,19,21). The Morgan fingerprint density at radius 2 is 2.14 bits per heavy atom. The van der Waals surface area contributed by atoms with Gasteiger partial charge in [0.15, 0.2) is 0 Å². The van der Waals surface area contributed by atoms with Crippen LogP contribution in [0, 0.1) is 6.92 Å². The van der Waals surface area contributed by atoms with Gasteiger partial charge in [0.25, 0.3) is 0 Å². The lowest BCUT2D eigenvalue weighted by molar-refractivity contribution is 0.247. The predicted octanol–water partition coefficient (Wildman–Crippen LogP) is 2.75. The minimum Gasteiger partial charge on any atom is -0.459 e. The summed E-state index contributed by atoms with van der Waals surface area (Å²) in [7, 11) is 1.75. The van der Waals surface area contributed by atoms with Gasteiger partial charge in [0.1, 0.15) is 17.7 Å². The lowest BCUT2D eigenvalue weighted by Gasteiger charge is -2.13. The molecule has 3 aromatic rings. The summed E-state index contributed by atoms with van der Waals surface area (Å²) in [6.07, 6.45) is 1.52. The van der Waals surface area contributed by atoms with Crippen LogP contribution < -0.4 is 10.6 Å². The summed E-state index contributed by atoms with van der Waals surface area (Å²) in [4.78, 5) is 12.0. The smallest absolute Gasteiger partial charge is 0.322 e. The summed E-state index contributed by atoms with van der Waals surface area (Å²) in [6.45, 7) is 3.86. The number of furan rings is 1. The molecule has 0 saturated carbocycles. The number of anilines is 1. The van der Waals surface area contributed by atoms with Crippen LogP contribution in [0.1, 0.15) is 24.3 Å². The zero-order chi connectivity index (χ0) is 15.7. The van der Waals surface area contributed by atoms with Crippen LogP contribution in [0.5, 0.6) is 0 Å². The molecule has 114 valence electrons. The molecule has 0 aliphatic carbocycles. The normalized spacial score (nSPS) is 12.3. The number of para-hydroxylation sites is 1. The number of aryl methyl sites for hydroxylation is 2. The fourth-order valence-electron chi connectivity index (χ4n) is 2.40. The van der Waals surface area contributed by atoms with Gasteiger partial charge in [0.05, 0.1) is 6.04 Å². The number of carbonyl (C=O) groups excluding carboxylic acids is 1. The van der Waals surface area contributed by atoms with Crippen LogP contribution in [0.15, 0.2) is 35.0 Å². The van der Waals surface area contributed by atoms with Crippen LogP contribution in [-0.2, 0) is 7.05 Å². The number of hydrogen-bond donors (Lipinski definition) is 2. The molecule has 2 heterocycles. The van der Waals surface area contributed by atoms with Crippen molar-refractivity contribution in [1.82, 2.24) is 20.1 Å². The monoisotopic (exact) mass is 299 g/mol. The van der Waals surface area contributed by atoms with Crippen LogP contribution in [0.4, 0.5) is 10.7 Å². The topological polar surface area (TPSA) is 85.0 Å². The first-order chi connectivity index (χ1) is 10.6. The van der Waals surface area contributed by atoms with Gasteiger partial charge < -0.3 is 14.3 Å². The van der Waals surface area contributed by atoms with Gasteiger partial charge in [-0.2, -0.15) is 0 Å². The third-order valence-corrected chi connectivity index (χ3v) is 3.56. The quantitative estimate of drug-likeness (QED) is 0.778. The molecule has 7 heteroatoms. The fourth-order valence-corrected chi connectivity index (χ4v) is 2.40. The Morgan fingerprint density at radius 3 is 2.82 bits per heavy atom. The van der Waals surface area contributed by atoms with Crippen molar-refractivity contribution in [3.8, 4) is 0 Å². The molecule has 0 aliphatic rings. The number of rotatable bonds is 3. The Hall–Kier alpha value is -2.83. The molecular weight excluding hydrogens is 282 g/mol. The Morgan fingerprint density at radius 1 is 1.36 bits per heavy atom. The molecule has 3 rings (SSSR count). The maximum Gasteiger partial charge on any atom is 0.322 e. The van der Waals surface area contributed by atoms with Crippen LogP contribution >= 0.6 is 0 Å². The zero-order valence-electron chi connectivity index (χ0n) is 12.6. The van der Waals surface area contributed by atoms with Crippen LogP contribution in [-0.4, -0.2) is 20.8 Å². The number of hydrogen-bond acceptors (Lipinski definition) is 4. The van der Waals surface area contributed by atoms with E-state index < -0.39 is 0 Å². The number of fused-ring (bicyclic) bond motifs is 1. The van der Waals surface area contributed by atoms with Crippen LogP contribution in [0.2, 0.25) is 0 Å². The fraction of sp³-hybridized carbons (Fsp3) is 0.267. The van der Waals surface area contributed by atoms with Gasteiger partial charge in [-0.25, -0.2) is 4.79 Å². The number of carbonyl (C=O) groups is 1. The molecule has 0 fully saturated rings. The van der Waals surface area contributed by atoms with Crippen molar-refractivity contribution in [2.45, 2.75) is 19.9 Å². The van der Waals surface area contributed by atoms with Gasteiger partial charge in [-0.15, -0.1) is 10.2 Å². The number of amides is 2.